The third kappa shape index (κ3) is 5.01. The minimum absolute atomic E-state index is 0.0171. The molecular formula is C16H16Cl2N2O4S. The van der Waals surface area contributed by atoms with Crippen LogP contribution in [0.25, 0.3) is 0 Å². The van der Waals surface area contributed by atoms with Gasteiger partial charge >= 0.3 is 0 Å². The second kappa shape index (κ2) is 7.95. The van der Waals surface area contributed by atoms with Gasteiger partial charge in [0, 0.05) is 12.1 Å². The number of ether oxygens (including phenoxy) is 1. The molecule has 0 aliphatic heterocycles. The van der Waals surface area contributed by atoms with Crippen LogP contribution in [0.5, 0.6) is 5.75 Å². The molecule has 2 N–H and O–H groups in total. The standard InChI is InChI=1S/C16H16Cl2N2O4S/c1-10(16(21)19-2)24-12-4-6-13(7-5-12)25(22,23)20-15-9-11(17)3-8-14(15)18/h3-10,20H,1-2H3,(H,19,21)/t10-/m0/s1. The zero-order valence-electron chi connectivity index (χ0n) is 13.4. The highest BCUT2D eigenvalue weighted by Gasteiger charge is 2.17. The summed E-state index contributed by atoms with van der Waals surface area (Å²) in [6.45, 7) is 1.59. The minimum Gasteiger partial charge on any atom is -0.481 e. The molecule has 134 valence electrons. The lowest BCUT2D eigenvalue weighted by molar-refractivity contribution is -0.126. The number of carbonyl (C=O) groups excluding carboxylic acids is 1. The molecule has 1 amide bonds. The summed E-state index contributed by atoms with van der Waals surface area (Å²) in [5.74, 6) is 0.0878. The lowest BCUT2D eigenvalue weighted by atomic mass is 10.3. The molecule has 0 radical (unpaired) electrons. The third-order valence-corrected chi connectivity index (χ3v) is 5.18. The Bertz CT molecular complexity index is 870. The van der Waals surface area contributed by atoms with E-state index < -0.39 is 16.1 Å². The molecule has 9 heteroatoms. The van der Waals surface area contributed by atoms with Gasteiger partial charge in [0.1, 0.15) is 5.75 Å². The van der Waals surface area contributed by atoms with Gasteiger partial charge in [0.2, 0.25) is 0 Å². The Balaban J connectivity index is 2.17. The summed E-state index contributed by atoms with van der Waals surface area (Å²) in [4.78, 5) is 11.5. The second-order valence-corrected chi connectivity index (χ2v) is 7.60. The van der Waals surface area contributed by atoms with Crippen molar-refractivity contribution in [2.24, 2.45) is 0 Å². The summed E-state index contributed by atoms with van der Waals surface area (Å²) in [6.07, 6.45) is -0.698. The van der Waals surface area contributed by atoms with Crippen LogP contribution in [0.2, 0.25) is 10.0 Å². The van der Waals surface area contributed by atoms with E-state index in [9.17, 15) is 13.2 Å². The number of likely N-dealkylation sites (N-methyl/N-ethyl adjacent to an activating group) is 1. The molecule has 0 spiro atoms. The molecule has 0 saturated carbocycles. The van der Waals surface area contributed by atoms with E-state index >= 15 is 0 Å². The molecule has 0 heterocycles. The van der Waals surface area contributed by atoms with Gasteiger partial charge in [-0.1, -0.05) is 23.2 Å². The Morgan fingerprint density at radius 2 is 1.76 bits per heavy atom. The maximum absolute atomic E-state index is 12.4. The first-order valence-corrected chi connectivity index (χ1v) is 9.43. The highest BCUT2D eigenvalue weighted by Crippen LogP contribution is 2.28. The Hall–Kier alpha value is -1.96. The van der Waals surface area contributed by atoms with Crippen LogP contribution >= 0.6 is 23.2 Å². The third-order valence-electron chi connectivity index (χ3n) is 3.24. The zero-order chi connectivity index (χ0) is 18.6. The number of rotatable bonds is 6. The highest BCUT2D eigenvalue weighted by atomic mass is 35.5. The number of benzene rings is 2. The summed E-state index contributed by atoms with van der Waals surface area (Å²) in [5, 5.41) is 3.05. The van der Waals surface area contributed by atoms with Crippen molar-refractivity contribution in [3.63, 3.8) is 0 Å². The average Bonchev–Trinajstić information content (AvgIpc) is 2.57. The van der Waals surface area contributed by atoms with Gasteiger partial charge in [-0.15, -0.1) is 0 Å². The molecule has 25 heavy (non-hydrogen) atoms. The summed E-state index contributed by atoms with van der Waals surface area (Å²) < 4.78 is 32.7. The van der Waals surface area contributed by atoms with Crippen molar-refractivity contribution in [2.75, 3.05) is 11.8 Å². The van der Waals surface area contributed by atoms with Gasteiger partial charge in [0.25, 0.3) is 15.9 Å². The minimum atomic E-state index is -3.85. The Morgan fingerprint density at radius 3 is 2.36 bits per heavy atom. The first-order chi connectivity index (χ1) is 11.7. The van der Waals surface area contributed by atoms with Gasteiger partial charge in [0.05, 0.1) is 15.6 Å². The van der Waals surface area contributed by atoms with Gasteiger partial charge in [-0.2, -0.15) is 0 Å². The summed E-state index contributed by atoms with van der Waals surface area (Å²) in [6, 6.07) is 10.1. The van der Waals surface area contributed by atoms with E-state index in [1.807, 2.05) is 0 Å². The van der Waals surface area contributed by atoms with Gasteiger partial charge in [0.15, 0.2) is 6.10 Å². The molecule has 6 nitrogen and oxygen atoms in total. The van der Waals surface area contributed by atoms with Crippen LogP contribution in [0.15, 0.2) is 47.4 Å². The predicted octanol–water partition coefficient (Wildman–Crippen LogP) is 3.31. The molecular weight excluding hydrogens is 387 g/mol. The highest BCUT2D eigenvalue weighted by molar-refractivity contribution is 7.92. The van der Waals surface area contributed by atoms with Crippen LogP contribution in [0.1, 0.15) is 6.92 Å². The van der Waals surface area contributed by atoms with Crippen LogP contribution in [-0.2, 0) is 14.8 Å². The summed E-state index contributed by atoms with van der Waals surface area (Å²) in [5.41, 5.74) is 0.183. The summed E-state index contributed by atoms with van der Waals surface area (Å²) in [7, 11) is -2.34. The van der Waals surface area contributed by atoms with Gasteiger partial charge in [-0.3, -0.25) is 9.52 Å². The summed E-state index contributed by atoms with van der Waals surface area (Å²) >= 11 is 11.8. The number of sulfonamides is 1. The molecule has 1 atom stereocenters. The van der Waals surface area contributed by atoms with Crippen molar-refractivity contribution in [3.05, 3.63) is 52.5 Å². The fourth-order valence-electron chi connectivity index (χ4n) is 1.94. The number of hydrogen-bond acceptors (Lipinski definition) is 4. The van der Waals surface area contributed by atoms with E-state index in [-0.39, 0.29) is 21.5 Å². The Morgan fingerprint density at radius 1 is 1.12 bits per heavy atom. The smallest absolute Gasteiger partial charge is 0.261 e. The monoisotopic (exact) mass is 402 g/mol. The van der Waals surface area contributed by atoms with Crippen molar-refractivity contribution in [1.82, 2.24) is 5.32 Å². The van der Waals surface area contributed by atoms with Crippen molar-refractivity contribution in [3.8, 4) is 5.75 Å². The normalized spacial score (nSPS) is 12.3. The number of halogens is 2. The fourth-order valence-corrected chi connectivity index (χ4v) is 3.40. The van der Waals surface area contributed by atoms with Crippen LogP contribution < -0.4 is 14.8 Å². The average molecular weight is 403 g/mol. The van der Waals surface area contributed by atoms with E-state index in [1.54, 1.807) is 13.0 Å². The maximum atomic E-state index is 12.4. The van der Waals surface area contributed by atoms with E-state index in [0.29, 0.717) is 10.8 Å². The first kappa shape index (κ1) is 19.4. The van der Waals surface area contributed by atoms with Crippen LogP contribution in [0, 0.1) is 0 Å². The molecule has 0 saturated heterocycles. The molecule has 0 aliphatic rings. The Kier molecular flexibility index (Phi) is 6.16. The number of anilines is 1. The quantitative estimate of drug-likeness (QED) is 0.775. The Labute approximate surface area is 156 Å². The van der Waals surface area contributed by atoms with Crippen molar-refractivity contribution in [2.45, 2.75) is 17.9 Å². The molecule has 2 aromatic carbocycles. The molecule has 0 aliphatic carbocycles. The molecule has 2 rings (SSSR count). The van der Waals surface area contributed by atoms with Crippen molar-refractivity contribution >= 4 is 44.8 Å². The second-order valence-electron chi connectivity index (χ2n) is 5.08. The molecule has 2 aromatic rings. The number of hydrogen-bond donors (Lipinski definition) is 2. The lowest BCUT2D eigenvalue weighted by Gasteiger charge is -2.14. The van der Waals surface area contributed by atoms with Gasteiger partial charge in [-0.25, -0.2) is 8.42 Å². The number of carbonyl (C=O) groups is 1. The van der Waals surface area contributed by atoms with Crippen molar-refractivity contribution < 1.29 is 17.9 Å². The lowest BCUT2D eigenvalue weighted by Crippen LogP contribution is -2.33. The first-order valence-electron chi connectivity index (χ1n) is 7.19. The van der Waals surface area contributed by atoms with Gasteiger partial charge < -0.3 is 10.1 Å². The SMILES string of the molecule is CNC(=O)[C@H](C)Oc1ccc(S(=O)(=O)Nc2cc(Cl)ccc2Cl)cc1. The predicted molar refractivity (Wildman–Crippen MR) is 97.9 cm³/mol. The fraction of sp³-hybridized carbons (Fsp3) is 0.188. The number of nitrogens with one attached hydrogen (secondary N) is 2. The van der Waals surface area contributed by atoms with E-state index in [0.717, 1.165) is 0 Å². The van der Waals surface area contributed by atoms with E-state index in [2.05, 4.69) is 10.0 Å². The van der Waals surface area contributed by atoms with Crippen molar-refractivity contribution in [1.29, 1.82) is 0 Å². The molecule has 0 aromatic heterocycles. The van der Waals surface area contributed by atoms with Crippen LogP contribution in [-0.4, -0.2) is 27.5 Å². The van der Waals surface area contributed by atoms with E-state index in [4.69, 9.17) is 27.9 Å². The van der Waals surface area contributed by atoms with Gasteiger partial charge in [-0.05, 0) is 49.4 Å². The molecule has 0 unspecified atom stereocenters. The van der Waals surface area contributed by atoms with E-state index in [1.165, 1.54) is 43.4 Å². The molecule has 0 bridgehead atoms. The van der Waals surface area contributed by atoms with Crippen LogP contribution in [0.3, 0.4) is 0 Å². The zero-order valence-corrected chi connectivity index (χ0v) is 15.7. The van der Waals surface area contributed by atoms with Crippen LogP contribution in [0.4, 0.5) is 5.69 Å². The maximum Gasteiger partial charge on any atom is 0.261 e. The molecule has 0 fully saturated rings. The number of amides is 1. The topological polar surface area (TPSA) is 84.5 Å². The largest absolute Gasteiger partial charge is 0.481 e.